The maximum atomic E-state index is 13.8. The Balaban J connectivity index is 1.64. The van der Waals surface area contributed by atoms with E-state index in [1.807, 2.05) is 0 Å². The summed E-state index contributed by atoms with van der Waals surface area (Å²) in [4.78, 5) is 40.6. The summed E-state index contributed by atoms with van der Waals surface area (Å²) in [6.07, 6.45) is 1.09. The molecule has 3 aromatic rings. The number of hydrogen-bond donors (Lipinski definition) is 2. The third-order valence-corrected chi connectivity index (χ3v) is 5.51. The number of imidazole rings is 1. The van der Waals surface area contributed by atoms with Gasteiger partial charge in [0.25, 0.3) is 0 Å². The molecule has 13 heteroatoms. The minimum Gasteiger partial charge on any atom is -0.472 e. The van der Waals surface area contributed by atoms with Gasteiger partial charge in [-0.2, -0.15) is 13.2 Å². The predicted octanol–water partition coefficient (Wildman–Crippen LogP) is 4.51. The van der Waals surface area contributed by atoms with Crippen molar-refractivity contribution >= 4 is 23.6 Å². The molecular weight excluding hydrogens is 521 g/mol. The van der Waals surface area contributed by atoms with Crippen LogP contribution in [0.3, 0.4) is 0 Å². The van der Waals surface area contributed by atoms with Crippen LogP contribution in [-0.4, -0.2) is 52.7 Å². The number of nitrogens with one attached hydrogen (secondary N) is 2. The molecular formula is C26H31F3N4O6. The fourth-order valence-corrected chi connectivity index (χ4v) is 3.81. The van der Waals surface area contributed by atoms with Gasteiger partial charge in [0.2, 0.25) is 5.91 Å². The van der Waals surface area contributed by atoms with Gasteiger partial charge < -0.3 is 28.9 Å². The van der Waals surface area contributed by atoms with Crippen molar-refractivity contribution in [2.75, 3.05) is 13.7 Å². The molecule has 39 heavy (non-hydrogen) atoms. The van der Waals surface area contributed by atoms with Gasteiger partial charge in [-0.3, -0.25) is 4.79 Å². The first kappa shape index (κ1) is 29.5. The van der Waals surface area contributed by atoms with Crippen LogP contribution in [0.25, 0.3) is 16.8 Å². The van der Waals surface area contributed by atoms with E-state index in [0.29, 0.717) is 24.9 Å². The third-order valence-electron chi connectivity index (χ3n) is 5.51. The van der Waals surface area contributed by atoms with Crippen molar-refractivity contribution in [3.05, 3.63) is 48.3 Å². The van der Waals surface area contributed by atoms with Crippen LogP contribution in [0.1, 0.15) is 51.3 Å². The Morgan fingerprint density at radius 1 is 1.13 bits per heavy atom. The van der Waals surface area contributed by atoms with E-state index in [0.717, 1.165) is 6.07 Å². The maximum Gasteiger partial charge on any atom is 0.420 e. The number of methoxy groups -OCH3 is 1. The van der Waals surface area contributed by atoms with Gasteiger partial charge in [0.05, 0.1) is 37.3 Å². The van der Waals surface area contributed by atoms with Crippen LogP contribution in [0.15, 0.2) is 41.5 Å². The van der Waals surface area contributed by atoms with Gasteiger partial charge in [0.15, 0.2) is 0 Å². The topological polar surface area (TPSA) is 124 Å². The molecule has 10 nitrogen and oxygen atoms in total. The number of rotatable bonds is 10. The number of amides is 2. The molecule has 1 atom stereocenters. The average Bonchev–Trinajstić information content (AvgIpc) is 3.49. The van der Waals surface area contributed by atoms with Crippen LogP contribution in [0, 0.1) is 0 Å². The summed E-state index contributed by atoms with van der Waals surface area (Å²) in [6.45, 7) is 5.54. The summed E-state index contributed by atoms with van der Waals surface area (Å²) in [5, 5.41) is 5.17. The van der Waals surface area contributed by atoms with E-state index < -0.39 is 41.4 Å². The Kier molecular flexibility index (Phi) is 9.25. The molecule has 0 aliphatic carbocycles. The lowest BCUT2D eigenvalue weighted by molar-refractivity contribution is -0.145. The number of pyridine rings is 1. The van der Waals surface area contributed by atoms with Crippen molar-refractivity contribution in [2.45, 2.75) is 64.3 Å². The average molecular weight is 553 g/mol. The number of nitrogens with zero attached hydrogens (tertiary/aromatic N) is 2. The number of esters is 1. The molecule has 0 aromatic carbocycles. The molecule has 0 bridgehead atoms. The minimum absolute atomic E-state index is 0.0903. The highest BCUT2D eigenvalue weighted by molar-refractivity contribution is 5.85. The van der Waals surface area contributed by atoms with Crippen molar-refractivity contribution < 1.29 is 41.4 Å². The molecule has 212 valence electrons. The van der Waals surface area contributed by atoms with Gasteiger partial charge in [-0.05, 0) is 52.2 Å². The maximum absolute atomic E-state index is 13.8. The molecule has 3 heterocycles. The molecule has 3 rings (SSSR count). The Morgan fingerprint density at radius 3 is 2.49 bits per heavy atom. The quantitative estimate of drug-likeness (QED) is 0.280. The van der Waals surface area contributed by atoms with Crippen molar-refractivity contribution in [3.63, 3.8) is 0 Å². The van der Waals surface area contributed by atoms with Gasteiger partial charge in [0.1, 0.15) is 17.3 Å². The van der Waals surface area contributed by atoms with Crippen molar-refractivity contribution in [2.24, 2.45) is 0 Å². The van der Waals surface area contributed by atoms with Crippen LogP contribution < -0.4 is 10.6 Å². The van der Waals surface area contributed by atoms with Gasteiger partial charge >= 0.3 is 18.2 Å². The van der Waals surface area contributed by atoms with Crippen LogP contribution in [0.5, 0.6) is 0 Å². The summed E-state index contributed by atoms with van der Waals surface area (Å²) < 4.78 is 57.4. The lowest BCUT2D eigenvalue weighted by atomic mass is 10.1. The lowest BCUT2D eigenvalue weighted by Crippen LogP contribution is -2.42. The first-order valence-electron chi connectivity index (χ1n) is 12.2. The van der Waals surface area contributed by atoms with Crippen LogP contribution >= 0.6 is 0 Å². The van der Waals surface area contributed by atoms with Gasteiger partial charge in [-0.15, -0.1) is 0 Å². The number of carbonyl (C=O) groups excluding carboxylic acids is 3. The highest BCUT2D eigenvalue weighted by Crippen LogP contribution is 2.35. The molecule has 0 radical (unpaired) electrons. The molecule has 2 N–H and O–H groups in total. The highest BCUT2D eigenvalue weighted by atomic mass is 19.4. The second kappa shape index (κ2) is 12.2. The zero-order valence-electron chi connectivity index (χ0n) is 22.1. The number of fused-ring (bicyclic) bond motifs is 1. The number of unbranched alkanes of at least 4 members (excludes halogenated alkanes) is 1. The summed E-state index contributed by atoms with van der Waals surface area (Å²) in [6, 6.07) is 1.54. The first-order chi connectivity index (χ1) is 18.3. The Hall–Kier alpha value is -4.03. The zero-order valence-corrected chi connectivity index (χ0v) is 22.1. The van der Waals surface area contributed by atoms with Crippen LogP contribution in [0.4, 0.5) is 18.0 Å². The van der Waals surface area contributed by atoms with E-state index in [-0.39, 0.29) is 29.7 Å². The number of alkyl halides is 3. The summed E-state index contributed by atoms with van der Waals surface area (Å²) >= 11 is 0. The monoisotopic (exact) mass is 552 g/mol. The van der Waals surface area contributed by atoms with E-state index in [2.05, 4.69) is 15.6 Å². The van der Waals surface area contributed by atoms with E-state index in [1.165, 1.54) is 42.5 Å². The van der Waals surface area contributed by atoms with Gasteiger partial charge in [-0.1, -0.05) is 0 Å². The SMILES string of the molecule is COC(=O)C(CCCCNC(=O)OC(C)(C)C)NC(=O)Cc1cn2cc(-c3ccoc3)cc(C(F)(F)F)c2n1. The molecule has 0 aliphatic heterocycles. The van der Waals surface area contributed by atoms with Crippen molar-refractivity contribution in [1.82, 2.24) is 20.0 Å². The standard InChI is InChI=1S/C26H31F3N4O6/c1-25(2,3)39-24(36)30-9-6-5-7-20(23(35)37-4)32-21(34)12-18-14-33-13-17(16-8-10-38-15-16)11-19(22(33)31-18)26(27,28)29/h8,10-11,13-15,20H,5-7,9,12H2,1-4H3,(H,30,36)(H,32,34). The second-order valence-corrected chi connectivity index (χ2v) is 9.86. The molecule has 0 saturated carbocycles. The molecule has 0 saturated heterocycles. The summed E-state index contributed by atoms with van der Waals surface area (Å²) in [7, 11) is 1.18. The van der Waals surface area contributed by atoms with Crippen LogP contribution in [0.2, 0.25) is 0 Å². The molecule has 3 aromatic heterocycles. The van der Waals surface area contributed by atoms with E-state index in [9.17, 15) is 27.6 Å². The number of furan rings is 1. The predicted molar refractivity (Wildman–Crippen MR) is 134 cm³/mol. The zero-order chi connectivity index (χ0) is 28.8. The second-order valence-electron chi connectivity index (χ2n) is 9.86. The lowest BCUT2D eigenvalue weighted by Gasteiger charge is -2.20. The summed E-state index contributed by atoms with van der Waals surface area (Å²) in [5.41, 5.74) is -1.12. The highest BCUT2D eigenvalue weighted by Gasteiger charge is 2.35. The Bertz CT molecular complexity index is 1300. The number of ether oxygens (including phenoxy) is 2. The first-order valence-corrected chi connectivity index (χ1v) is 12.2. The number of carbonyl (C=O) groups is 3. The molecule has 0 fully saturated rings. The normalized spacial score (nSPS) is 12.7. The van der Waals surface area contributed by atoms with Crippen LogP contribution in [-0.2, 0) is 31.7 Å². The minimum atomic E-state index is -4.68. The van der Waals surface area contributed by atoms with Crippen molar-refractivity contribution in [3.8, 4) is 11.1 Å². The fraction of sp³-hybridized carbons (Fsp3) is 0.462. The largest absolute Gasteiger partial charge is 0.472 e. The number of aromatic nitrogens is 2. The third kappa shape index (κ3) is 8.48. The smallest absolute Gasteiger partial charge is 0.420 e. The fourth-order valence-electron chi connectivity index (χ4n) is 3.81. The molecule has 0 spiro atoms. The molecule has 2 amide bonds. The van der Waals surface area contributed by atoms with E-state index in [4.69, 9.17) is 13.9 Å². The van der Waals surface area contributed by atoms with E-state index in [1.54, 1.807) is 20.8 Å². The van der Waals surface area contributed by atoms with Crippen molar-refractivity contribution in [1.29, 1.82) is 0 Å². The number of hydrogen-bond acceptors (Lipinski definition) is 7. The number of halogens is 3. The summed E-state index contributed by atoms with van der Waals surface area (Å²) in [5.74, 6) is -1.27. The van der Waals surface area contributed by atoms with Gasteiger partial charge in [-0.25, -0.2) is 14.6 Å². The molecule has 0 aliphatic rings. The number of alkyl carbamates (subject to hydrolysis) is 1. The molecule has 1 unspecified atom stereocenters. The van der Waals surface area contributed by atoms with Gasteiger partial charge in [0, 0.05) is 30.1 Å². The Morgan fingerprint density at radius 2 is 1.87 bits per heavy atom. The Labute approximate surface area is 222 Å². The van der Waals surface area contributed by atoms with E-state index >= 15 is 0 Å².